The fourth-order valence-electron chi connectivity index (χ4n) is 1.67. The zero-order chi connectivity index (χ0) is 6.91. The maximum absolute atomic E-state index is 3.86. The Balaban J connectivity index is 2.66. The molecule has 0 aromatic carbocycles. The second kappa shape index (κ2) is 2.17. The molecule has 1 aliphatic carbocycles. The van der Waals surface area contributed by atoms with Crippen molar-refractivity contribution < 1.29 is 0 Å². The van der Waals surface area contributed by atoms with E-state index in [1.54, 1.807) is 0 Å². The van der Waals surface area contributed by atoms with E-state index in [1.165, 1.54) is 19.3 Å². The molecule has 0 aromatic rings. The van der Waals surface area contributed by atoms with Gasteiger partial charge in [-0.15, -0.1) is 6.58 Å². The lowest BCUT2D eigenvalue weighted by Crippen LogP contribution is -2.14. The first-order chi connectivity index (χ1) is 4.19. The molecule has 1 aliphatic rings. The van der Waals surface area contributed by atoms with Crippen LogP contribution in [-0.2, 0) is 0 Å². The molecule has 0 aromatic heterocycles. The SMILES string of the molecule is C=C[C@]1(C)CCC[C@H]1C. The molecule has 1 rings (SSSR count). The van der Waals surface area contributed by atoms with Crippen LogP contribution >= 0.6 is 0 Å². The molecule has 1 fully saturated rings. The van der Waals surface area contributed by atoms with Crippen molar-refractivity contribution in [3.8, 4) is 0 Å². The van der Waals surface area contributed by atoms with Crippen LogP contribution in [0.3, 0.4) is 0 Å². The molecule has 0 heterocycles. The molecular weight excluding hydrogens is 108 g/mol. The Labute approximate surface area is 58.0 Å². The Bertz CT molecular complexity index is 115. The van der Waals surface area contributed by atoms with Crippen LogP contribution in [0.15, 0.2) is 12.7 Å². The van der Waals surface area contributed by atoms with Crippen LogP contribution in [0.5, 0.6) is 0 Å². The molecule has 0 heteroatoms. The molecule has 9 heavy (non-hydrogen) atoms. The number of allylic oxidation sites excluding steroid dienone is 1. The summed E-state index contributed by atoms with van der Waals surface area (Å²) in [5, 5.41) is 0. The standard InChI is InChI=1S/C9H16/c1-4-9(3)7-5-6-8(9)2/h4,8H,1,5-7H2,2-3H3/t8-,9-/m1/s1. The number of hydrogen-bond acceptors (Lipinski definition) is 0. The van der Waals surface area contributed by atoms with Crippen molar-refractivity contribution in [2.24, 2.45) is 11.3 Å². The van der Waals surface area contributed by atoms with E-state index in [9.17, 15) is 0 Å². The third-order valence-corrected chi connectivity index (χ3v) is 2.94. The van der Waals surface area contributed by atoms with Crippen molar-refractivity contribution in [2.45, 2.75) is 33.1 Å². The normalized spacial score (nSPS) is 43.1. The maximum atomic E-state index is 3.86. The van der Waals surface area contributed by atoms with Crippen molar-refractivity contribution in [1.29, 1.82) is 0 Å². The van der Waals surface area contributed by atoms with Gasteiger partial charge in [0, 0.05) is 0 Å². The molecule has 0 spiro atoms. The molecular formula is C9H16. The van der Waals surface area contributed by atoms with Crippen LogP contribution in [0.25, 0.3) is 0 Å². The Morgan fingerprint density at radius 1 is 1.67 bits per heavy atom. The lowest BCUT2D eigenvalue weighted by atomic mass is 9.81. The first-order valence-corrected chi connectivity index (χ1v) is 3.82. The summed E-state index contributed by atoms with van der Waals surface area (Å²) in [6, 6.07) is 0. The summed E-state index contributed by atoms with van der Waals surface area (Å²) in [7, 11) is 0. The summed E-state index contributed by atoms with van der Waals surface area (Å²) < 4.78 is 0. The van der Waals surface area contributed by atoms with Gasteiger partial charge in [0.2, 0.25) is 0 Å². The third kappa shape index (κ3) is 1.03. The highest BCUT2D eigenvalue weighted by Crippen LogP contribution is 2.43. The molecule has 1 saturated carbocycles. The predicted octanol–water partition coefficient (Wildman–Crippen LogP) is 3.00. The molecule has 0 aliphatic heterocycles. The Morgan fingerprint density at radius 3 is 2.56 bits per heavy atom. The largest absolute Gasteiger partial charge is 0.103 e. The van der Waals surface area contributed by atoms with Crippen LogP contribution in [-0.4, -0.2) is 0 Å². The summed E-state index contributed by atoms with van der Waals surface area (Å²) in [4.78, 5) is 0. The van der Waals surface area contributed by atoms with Crippen molar-refractivity contribution in [2.75, 3.05) is 0 Å². The second-order valence-corrected chi connectivity index (χ2v) is 3.50. The molecule has 0 unspecified atom stereocenters. The lowest BCUT2D eigenvalue weighted by Gasteiger charge is -2.24. The smallest absolute Gasteiger partial charge is 0.0124 e. The quantitative estimate of drug-likeness (QED) is 0.471. The fraction of sp³-hybridized carbons (Fsp3) is 0.778. The van der Waals surface area contributed by atoms with Crippen LogP contribution < -0.4 is 0 Å². The Morgan fingerprint density at radius 2 is 2.33 bits per heavy atom. The van der Waals surface area contributed by atoms with Gasteiger partial charge in [-0.3, -0.25) is 0 Å². The van der Waals surface area contributed by atoms with E-state index in [1.807, 2.05) is 0 Å². The number of rotatable bonds is 1. The first-order valence-electron chi connectivity index (χ1n) is 3.82. The van der Waals surface area contributed by atoms with E-state index in [4.69, 9.17) is 0 Å². The molecule has 0 bridgehead atoms. The van der Waals surface area contributed by atoms with E-state index in [0.29, 0.717) is 5.41 Å². The molecule has 0 saturated heterocycles. The highest BCUT2D eigenvalue weighted by Gasteiger charge is 2.32. The average molecular weight is 124 g/mol. The van der Waals surface area contributed by atoms with Crippen molar-refractivity contribution in [3.63, 3.8) is 0 Å². The fourth-order valence-corrected chi connectivity index (χ4v) is 1.67. The zero-order valence-corrected chi connectivity index (χ0v) is 6.48. The Kier molecular flexibility index (Phi) is 1.65. The topological polar surface area (TPSA) is 0 Å². The first kappa shape index (κ1) is 6.85. The molecule has 0 amide bonds. The van der Waals surface area contributed by atoms with E-state index in [2.05, 4.69) is 26.5 Å². The maximum Gasteiger partial charge on any atom is -0.0124 e. The molecule has 0 nitrogen and oxygen atoms in total. The van der Waals surface area contributed by atoms with Crippen molar-refractivity contribution in [3.05, 3.63) is 12.7 Å². The third-order valence-electron chi connectivity index (χ3n) is 2.94. The number of hydrogen-bond donors (Lipinski definition) is 0. The van der Waals surface area contributed by atoms with Crippen molar-refractivity contribution in [1.82, 2.24) is 0 Å². The second-order valence-electron chi connectivity index (χ2n) is 3.50. The van der Waals surface area contributed by atoms with Crippen LogP contribution in [0.4, 0.5) is 0 Å². The van der Waals surface area contributed by atoms with Crippen LogP contribution in [0.2, 0.25) is 0 Å². The van der Waals surface area contributed by atoms with Gasteiger partial charge < -0.3 is 0 Å². The average Bonchev–Trinajstić information content (AvgIpc) is 2.15. The van der Waals surface area contributed by atoms with E-state index in [-0.39, 0.29) is 0 Å². The summed E-state index contributed by atoms with van der Waals surface area (Å²) in [5.41, 5.74) is 0.458. The minimum absolute atomic E-state index is 0.458. The van der Waals surface area contributed by atoms with Crippen LogP contribution in [0, 0.1) is 11.3 Å². The van der Waals surface area contributed by atoms with Gasteiger partial charge in [-0.2, -0.15) is 0 Å². The summed E-state index contributed by atoms with van der Waals surface area (Å²) in [5.74, 6) is 0.856. The van der Waals surface area contributed by atoms with Gasteiger partial charge in [0.05, 0.1) is 0 Å². The minimum atomic E-state index is 0.458. The molecule has 0 radical (unpaired) electrons. The summed E-state index contributed by atoms with van der Waals surface area (Å²) in [6.07, 6.45) is 6.26. The zero-order valence-electron chi connectivity index (χ0n) is 6.48. The van der Waals surface area contributed by atoms with Crippen molar-refractivity contribution >= 4 is 0 Å². The highest BCUT2D eigenvalue weighted by molar-refractivity contribution is 4.98. The van der Waals surface area contributed by atoms with E-state index >= 15 is 0 Å². The molecule has 52 valence electrons. The van der Waals surface area contributed by atoms with E-state index < -0.39 is 0 Å². The summed E-state index contributed by atoms with van der Waals surface area (Å²) >= 11 is 0. The molecule has 2 atom stereocenters. The summed E-state index contributed by atoms with van der Waals surface area (Å²) in [6.45, 7) is 8.51. The van der Waals surface area contributed by atoms with Gasteiger partial charge in [0.1, 0.15) is 0 Å². The van der Waals surface area contributed by atoms with Gasteiger partial charge in [-0.25, -0.2) is 0 Å². The minimum Gasteiger partial charge on any atom is -0.103 e. The lowest BCUT2D eigenvalue weighted by molar-refractivity contribution is 0.332. The van der Waals surface area contributed by atoms with Gasteiger partial charge >= 0.3 is 0 Å². The van der Waals surface area contributed by atoms with Gasteiger partial charge in [0.15, 0.2) is 0 Å². The van der Waals surface area contributed by atoms with Gasteiger partial charge in [-0.05, 0) is 24.2 Å². The monoisotopic (exact) mass is 124 g/mol. The predicted molar refractivity (Wildman–Crippen MR) is 41.3 cm³/mol. The Hall–Kier alpha value is -0.260. The van der Waals surface area contributed by atoms with Gasteiger partial charge in [0.25, 0.3) is 0 Å². The van der Waals surface area contributed by atoms with Gasteiger partial charge in [-0.1, -0.05) is 26.3 Å². The van der Waals surface area contributed by atoms with Crippen LogP contribution in [0.1, 0.15) is 33.1 Å². The van der Waals surface area contributed by atoms with E-state index in [0.717, 1.165) is 5.92 Å². The highest BCUT2D eigenvalue weighted by atomic mass is 14.4. The molecule has 0 N–H and O–H groups in total.